The maximum absolute atomic E-state index is 5.82. The Kier molecular flexibility index (Phi) is 2.71. The van der Waals surface area contributed by atoms with Gasteiger partial charge in [-0.1, -0.05) is 11.6 Å². The molecule has 1 aromatic heterocycles. The molecule has 0 saturated carbocycles. The summed E-state index contributed by atoms with van der Waals surface area (Å²) in [7, 11) is 0. The van der Waals surface area contributed by atoms with E-state index < -0.39 is 0 Å². The zero-order chi connectivity index (χ0) is 9.26. The van der Waals surface area contributed by atoms with Crippen LogP contribution < -0.4 is 10.6 Å². The van der Waals surface area contributed by atoms with Gasteiger partial charge in [-0.05, 0) is 22.0 Å². The van der Waals surface area contributed by atoms with Gasteiger partial charge in [0.2, 0.25) is 0 Å². The molecule has 1 aliphatic heterocycles. The molecule has 0 bridgehead atoms. The van der Waals surface area contributed by atoms with Crippen LogP contribution in [0.1, 0.15) is 0 Å². The highest BCUT2D eigenvalue weighted by Crippen LogP contribution is 2.24. The van der Waals surface area contributed by atoms with Crippen molar-refractivity contribution in [2.24, 2.45) is 0 Å². The maximum atomic E-state index is 5.82. The van der Waals surface area contributed by atoms with Gasteiger partial charge in [-0.15, -0.1) is 0 Å². The lowest BCUT2D eigenvalue weighted by molar-refractivity contribution is 0.472. The lowest BCUT2D eigenvalue weighted by Gasteiger charge is -2.29. The van der Waals surface area contributed by atoms with Crippen LogP contribution in [0.3, 0.4) is 0 Å². The molecule has 2 heterocycles. The van der Waals surface area contributed by atoms with E-state index in [1.54, 1.807) is 6.20 Å². The van der Waals surface area contributed by atoms with Crippen LogP contribution in [0.25, 0.3) is 0 Å². The van der Waals surface area contributed by atoms with Gasteiger partial charge in [-0.2, -0.15) is 0 Å². The Morgan fingerprint density at radius 1 is 1.62 bits per heavy atom. The Balaban J connectivity index is 2.13. The van der Waals surface area contributed by atoms with Crippen molar-refractivity contribution in [2.75, 3.05) is 18.4 Å². The van der Waals surface area contributed by atoms with Gasteiger partial charge in [0.1, 0.15) is 4.60 Å². The molecule has 1 fully saturated rings. The third-order valence-corrected chi connectivity index (χ3v) is 2.79. The summed E-state index contributed by atoms with van der Waals surface area (Å²) in [6.07, 6.45) is 1.62. The van der Waals surface area contributed by atoms with E-state index in [1.165, 1.54) is 0 Å². The summed E-state index contributed by atoms with van der Waals surface area (Å²) in [4.78, 5) is 4.09. The first-order valence-electron chi connectivity index (χ1n) is 4.04. The average Bonchev–Trinajstić information content (AvgIpc) is 2.03. The summed E-state index contributed by atoms with van der Waals surface area (Å²) in [6, 6.07) is 2.37. The molecular weight excluding hydrogens is 253 g/mol. The maximum Gasteiger partial charge on any atom is 0.129 e. The van der Waals surface area contributed by atoms with Gasteiger partial charge in [0.05, 0.1) is 16.8 Å². The summed E-state index contributed by atoms with van der Waals surface area (Å²) in [5, 5.41) is 7.17. The zero-order valence-electron chi connectivity index (χ0n) is 6.85. The molecule has 5 heteroatoms. The number of hydrogen-bond donors (Lipinski definition) is 2. The third kappa shape index (κ3) is 2.13. The van der Waals surface area contributed by atoms with Crippen LogP contribution in [0.4, 0.5) is 5.69 Å². The number of halogens is 2. The summed E-state index contributed by atoms with van der Waals surface area (Å²) in [5.74, 6) is 0. The van der Waals surface area contributed by atoms with Crippen LogP contribution in [-0.2, 0) is 0 Å². The van der Waals surface area contributed by atoms with E-state index in [9.17, 15) is 0 Å². The minimum absolute atomic E-state index is 0.497. The van der Waals surface area contributed by atoms with E-state index in [2.05, 4.69) is 31.5 Å². The van der Waals surface area contributed by atoms with Gasteiger partial charge < -0.3 is 10.6 Å². The van der Waals surface area contributed by atoms with Crippen LogP contribution in [0.2, 0.25) is 5.02 Å². The molecule has 0 aliphatic carbocycles. The van der Waals surface area contributed by atoms with Crippen molar-refractivity contribution in [3.63, 3.8) is 0 Å². The molecule has 2 N–H and O–H groups in total. The third-order valence-electron chi connectivity index (χ3n) is 1.95. The van der Waals surface area contributed by atoms with Gasteiger partial charge >= 0.3 is 0 Å². The Hall–Kier alpha value is -0.320. The fourth-order valence-corrected chi connectivity index (χ4v) is 1.62. The van der Waals surface area contributed by atoms with Crippen molar-refractivity contribution in [3.05, 3.63) is 21.9 Å². The van der Waals surface area contributed by atoms with Crippen LogP contribution >= 0.6 is 27.5 Å². The molecule has 2 rings (SSSR count). The lowest BCUT2D eigenvalue weighted by Crippen LogP contribution is -2.51. The predicted molar refractivity (Wildman–Crippen MR) is 57.2 cm³/mol. The number of hydrogen-bond acceptors (Lipinski definition) is 3. The molecule has 70 valence electrons. The second kappa shape index (κ2) is 3.82. The lowest BCUT2D eigenvalue weighted by atomic mass is 10.2. The monoisotopic (exact) mass is 261 g/mol. The van der Waals surface area contributed by atoms with E-state index in [0.717, 1.165) is 23.4 Å². The molecule has 1 aliphatic rings. The normalized spacial score (nSPS) is 16.8. The molecule has 0 spiro atoms. The summed E-state index contributed by atoms with van der Waals surface area (Å²) >= 11 is 9.18. The highest BCUT2D eigenvalue weighted by molar-refractivity contribution is 9.10. The first-order valence-corrected chi connectivity index (χ1v) is 5.21. The number of nitrogens with one attached hydrogen (secondary N) is 2. The Morgan fingerprint density at radius 2 is 2.38 bits per heavy atom. The molecule has 0 atom stereocenters. The predicted octanol–water partition coefficient (Wildman–Crippen LogP) is 1.88. The van der Waals surface area contributed by atoms with Gasteiger partial charge in [0.15, 0.2) is 0 Å². The SMILES string of the molecule is Clc1cnc(Br)c(NC2CNC2)c1. The topological polar surface area (TPSA) is 37.0 Å². The van der Waals surface area contributed by atoms with E-state index in [4.69, 9.17) is 11.6 Å². The highest BCUT2D eigenvalue weighted by Gasteiger charge is 2.17. The van der Waals surface area contributed by atoms with Crippen molar-refractivity contribution < 1.29 is 0 Å². The molecular formula is C8H9BrClN3. The van der Waals surface area contributed by atoms with Gasteiger partial charge in [0.25, 0.3) is 0 Å². The quantitative estimate of drug-likeness (QED) is 0.799. The molecule has 0 radical (unpaired) electrons. The summed E-state index contributed by atoms with van der Waals surface area (Å²) < 4.78 is 0.809. The number of anilines is 1. The van der Waals surface area contributed by atoms with Crippen molar-refractivity contribution in [1.82, 2.24) is 10.3 Å². The first-order chi connectivity index (χ1) is 6.25. The molecule has 13 heavy (non-hydrogen) atoms. The minimum Gasteiger partial charge on any atom is -0.378 e. The molecule has 0 amide bonds. The highest BCUT2D eigenvalue weighted by atomic mass is 79.9. The number of rotatable bonds is 2. The van der Waals surface area contributed by atoms with Crippen molar-refractivity contribution in [2.45, 2.75) is 6.04 Å². The number of nitrogens with zero attached hydrogens (tertiary/aromatic N) is 1. The second-order valence-electron chi connectivity index (χ2n) is 2.99. The fraction of sp³-hybridized carbons (Fsp3) is 0.375. The first kappa shape index (κ1) is 9.24. The average molecular weight is 263 g/mol. The van der Waals surface area contributed by atoms with E-state index in [-0.39, 0.29) is 0 Å². The second-order valence-corrected chi connectivity index (χ2v) is 4.18. The molecule has 3 nitrogen and oxygen atoms in total. The Bertz CT molecular complexity index is 314. The van der Waals surface area contributed by atoms with Crippen LogP contribution in [0, 0.1) is 0 Å². The van der Waals surface area contributed by atoms with Gasteiger partial charge in [0, 0.05) is 19.3 Å². The summed E-state index contributed by atoms with van der Waals surface area (Å²) in [6.45, 7) is 2.00. The molecule has 1 saturated heterocycles. The van der Waals surface area contributed by atoms with E-state index >= 15 is 0 Å². The van der Waals surface area contributed by atoms with Crippen LogP contribution in [0.5, 0.6) is 0 Å². The number of pyridine rings is 1. The largest absolute Gasteiger partial charge is 0.378 e. The van der Waals surface area contributed by atoms with Crippen LogP contribution in [-0.4, -0.2) is 24.1 Å². The fourth-order valence-electron chi connectivity index (χ4n) is 1.13. The Labute approximate surface area is 90.0 Å². The van der Waals surface area contributed by atoms with E-state index in [1.807, 2.05) is 6.07 Å². The molecule has 0 aromatic carbocycles. The smallest absolute Gasteiger partial charge is 0.129 e. The van der Waals surface area contributed by atoms with Gasteiger partial charge in [-0.3, -0.25) is 0 Å². The van der Waals surface area contributed by atoms with Crippen molar-refractivity contribution in [1.29, 1.82) is 0 Å². The summed E-state index contributed by atoms with van der Waals surface area (Å²) in [5.41, 5.74) is 0.957. The standard InChI is InChI=1S/C8H9BrClN3/c9-8-7(1-5(10)2-12-8)13-6-3-11-4-6/h1-2,6,11,13H,3-4H2. The number of aromatic nitrogens is 1. The van der Waals surface area contributed by atoms with Crippen molar-refractivity contribution >= 4 is 33.2 Å². The Morgan fingerprint density at radius 3 is 3.00 bits per heavy atom. The van der Waals surface area contributed by atoms with Crippen molar-refractivity contribution in [3.8, 4) is 0 Å². The van der Waals surface area contributed by atoms with E-state index in [0.29, 0.717) is 11.1 Å². The molecule has 0 unspecified atom stereocenters. The van der Waals surface area contributed by atoms with Gasteiger partial charge in [-0.25, -0.2) is 4.98 Å². The molecule has 1 aromatic rings. The van der Waals surface area contributed by atoms with Crippen LogP contribution in [0.15, 0.2) is 16.9 Å². The zero-order valence-corrected chi connectivity index (χ0v) is 9.19. The minimum atomic E-state index is 0.497.